The molecule has 5 rings (SSSR count). The summed E-state index contributed by atoms with van der Waals surface area (Å²) in [5.74, 6) is -1.44. The van der Waals surface area contributed by atoms with Crippen molar-refractivity contribution in [3.8, 4) is 0 Å². The molecule has 1 unspecified atom stereocenters. The molecular weight excluding hydrogens is 542 g/mol. The third kappa shape index (κ3) is 5.66. The number of piperidine rings is 1. The monoisotopic (exact) mass is 565 g/mol. The zero-order valence-corrected chi connectivity index (χ0v) is 21.1. The summed E-state index contributed by atoms with van der Waals surface area (Å²) in [6.07, 6.45) is -3.67. The third-order valence-electron chi connectivity index (χ3n) is 6.67. The van der Waals surface area contributed by atoms with Gasteiger partial charge in [-0.1, -0.05) is 18.2 Å². The van der Waals surface area contributed by atoms with Crippen LogP contribution in [0.2, 0.25) is 0 Å². The van der Waals surface area contributed by atoms with Crippen molar-refractivity contribution in [3.63, 3.8) is 0 Å². The first-order valence-electron chi connectivity index (χ1n) is 12.0. The van der Waals surface area contributed by atoms with Crippen molar-refractivity contribution >= 4 is 28.9 Å². The van der Waals surface area contributed by atoms with Crippen LogP contribution in [0.3, 0.4) is 0 Å². The molecule has 2 aliphatic heterocycles. The average Bonchev–Trinajstić information content (AvgIpc) is 3.68. The van der Waals surface area contributed by atoms with E-state index >= 15 is 0 Å². The van der Waals surface area contributed by atoms with E-state index in [1.807, 2.05) is 5.38 Å². The van der Waals surface area contributed by atoms with Gasteiger partial charge in [0.15, 0.2) is 0 Å². The topological polar surface area (TPSA) is 110 Å². The molecular formula is C25H23F4N5O4S. The Hall–Kier alpha value is -3.78. The van der Waals surface area contributed by atoms with Gasteiger partial charge in [0.25, 0.3) is 12.9 Å². The van der Waals surface area contributed by atoms with E-state index in [0.29, 0.717) is 53.6 Å². The number of likely N-dealkylation sites (tertiary alicyclic amines) is 1. The standard InChI is InChI=1S/C25H23F4N5O4S/c26-22(27)17-9-19(23(28)29)34(31-17)11-21(35)33-7-5-13(6-8-33)24-30-18(12-39-24)16-10-20(38-32-16)14-3-1-2-4-15(14)25(36)37/h1-4,9-10,12-13,20,22-23,32H,5-8,11H2,(H,36,37). The second-order valence-electron chi connectivity index (χ2n) is 9.09. The fraction of sp³-hybridized carbons (Fsp3) is 0.360. The van der Waals surface area contributed by atoms with Gasteiger partial charge in [-0.25, -0.2) is 27.3 Å². The van der Waals surface area contributed by atoms with Crippen LogP contribution in [0.4, 0.5) is 17.6 Å². The first-order chi connectivity index (χ1) is 18.7. The number of carbonyl (C=O) groups is 2. The van der Waals surface area contributed by atoms with Gasteiger partial charge in [-0.15, -0.1) is 11.3 Å². The number of hydrogen-bond donors (Lipinski definition) is 2. The number of aromatic carboxylic acids is 1. The molecule has 0 bridgehead atoms. The van der Waals surface area contributed by atoms with Crippen molar-refractivity contribution in [2.75, 3.05) is 13.1 Å². The normalized spacial score (nSPS) is 18.1. The van der Waals surface area contributed by atoms with Crippen molar-refractivity contribution < 1.29 is 37.1 Å². The molecule has 2 N–H and O–H groups in total. The van der Waals surface area contributed by atoms with Crippen molar-refractivity contribution in [1.82, 2.24) is 25.1 Å². The molecule has 14 heteroatoms. The number of benzene rings is 1. The molecule has 2 aromatic heterocycles. The lowest BCUT2D eigenvalue weighted by molar-refractivity contribution is -0.133. The molecule has 1 saturated heterocycles. The summed E-state index contributed by atoms with van der Waals surface area (Å²) >= 11 is 1.46. The van der Waals surface area contributed by atoms with E-state index in [2.05, 4.69) is 10.6 Å². The predicted molar refractivity (Wildman–Crippen MR) is 131 cm³/mol. The van der Waals surface area contributed by atoms with Gasteiger partial charge in [0, 0.05) is 30.0 Å². The number of nitrogens with one attached hydrogen (secondary N) is 1. The number of halogens is 4. The number of aromatic nitrogens is 3. The lowest BCUT2D eigenvalue weighted by Gasteiger charge is -2.31. The van der Waals surface area contributed by atoms with Crippen LogP contribution in [-0.2, 0) is 16.2 Å². The van der Waals surface area contributed by atoms with Crippen LogP contribution >= 0.6 is 11.3 Å². The molecule has 9 nitrogen and oxygen atoms in total. The van der Waals surface area contributed by atoms with Crippen LogP contribution in [0.5, 0.6) is 0 Å². The Bertz CT molecular complexity index is 1400. The summed E-state index contributed by atoms with van der Waals surface area (Å²) in [6.45, 7) is 0.192. The maximum absolute atomic E-state index is 13.2. The number of thiazole rings is 1. The quantitative estimate of drug-likeness (QED) is 0.373. The Morgan fingerprint density at radius 3 is 2.59 bits per heavy atom. The maximum atomic E-state index is 13.2. The second kappa shape index (κ2) is 11.1. The van der Waals surface area contributed by atoms with Crippen molar-refractivity contribution in [2.45, 2.75) is 44.3 Å². The molecule has 1 aromatic carbocycles. The molecule has 1 amide bonds. The van der Waals surface area contributed by atoms with E-state index in [0.717, 1.165) is 5.01 Å². The van der Waals surface area contributed by atoms with Crippen molar-refractivity contribution in [1.29, 1.82) is 0 Å². The minimum atomic E-state index is -3.03. The molecule has 0 aliphatic carbocycles. The lowest BCUT2D eigenvalue weighted by Crippen LogP contribution is -2.40. The average molecular weight is 566 g/mol. The second-order valence-corrected chi connectivity index (χ2v) is 9.98. The number of alkyl halides is 4. The largest absolute Gasteiger partial charge is 0.478 e. The Morgan fingerprint density at radius 2 is 1.90 bits per heavy atom. The van der Waals surface area contributed by atoms with Crippen LogP contribution in [-0.4, -0.2) is 49.7 Å². The van der Waals surface area contributed by atoms with Crippen LogP contribution in [0.1, 0.15) is 75.7 Å². The minimum absolute atomic E-state index is 0.0750. The van der Waals surface area contributed by atoms with E-state index in [1.165, 1.54) is 22.3 Å². The number of hydrogen-bond acceptors (Lipinski definition) is 7. The highest BCUT2D eigenvalue weighted by atomic mass is 32.1. The minimum Gasteiger partial charge on any atom is -0.478 e. The summed E-state index contributed by atoms with van der Waals surface area (Å²) < 4.78 is 52.9. The Labute approximate surface area is 223 Å². The molecule has 0 saturated carbocycles. The highest BCUT2D eigenvalue weighted by Gasteiger charge is 2.29. The molecule has 1 fully saturated rings. The van der Waals surface area contributed by atoms with Crippen LogP contribution in [0.25, 0.3) is 5.70 Å². The fourth-order valence-electron chi connectivity index (χ4n) is 4.64. The third-order valence-corrected chi connectivity index (χ3v) is 7.68. The maximum Gasteiger partial charge on any atom is 0.336 e. The fourth-order valence-corrected chi connectivity index (χ4v) is 5.63. The zero-order valence-electron chi connectivity index (χ0n) is 20.3. The van der Waals surface area contributed by atoms with Crippen molar-refractivity contribution in [2.24, 2.45) is 0 Å². The van der Waals surface area contributed by atoms with E-state index in [-0.39, 0.29) is 11.5 Å². The molecule has 0 radical (unpaired) electrons. The predicted octanol–water partition coefficient (Wildman–Crippen LogP) is 4.94. The highest BCUT2D eigenvalue weighted by molar-refractivity contribution is 7.09. The van der Waals surface area contributed by atoms with Gasteiger partial charge in [0.2, 0.25) is 5.91 Å². The summed E-state index contributed by atoms with van der Waals surface area (Å²) in [5, 5.41) is 15.7. The van der Waals surface area contributed by atoms with Crippen LogP contribution < -0.4 is 5.48 Å². The summed E-state index contributed by atoms with van der Waals surface area (Å²) in [6, 6.07) is 7.21. The first-order valence-corrected chi connectivity index (χ1v) is 12.9. The zero-order chi connectivity index (χ0) is 27.7. The van der Waals surface area contributed by atoms with Crippen molar-refractivity contribution in [3.05, 3.63) is 75.0 Å². The highest BCUT2D eigenvalue weighted by Crippen LogP contribution is 2.35. The van der Waals surface area contributed by atoms with Crippen LogP contribution in [0.15, 0.2) is 41.8 Å². The number of hydroxylamine groups is 1. The molecule has 2 aliphatic rings. The van der Waals surface area contributed by atoms with Gasteiger partial charge in [-0.05, 0) is 31.1 Å². The number of carboxylic acid groups (broad SMARTS) is 1. The van der Waals surface area contributed by atoms with Gasteiger partial charge in [0.1, 0.15) is 24.0 Å². The molecule has 206 valence electrons. The summed E-state index contributed by atoms with van der Waals surface area (Å²) in [7, 11) is 0. The van der Waals surface area contributed by atoms with Gasteiger partial charge in [-0.2, -0.15) is 5.10 Å². The Balaban J connectivity index is 1.20. The van der Waals surface area contributed by atoms with Gasteiger partial charge < -0.3 is 10.0 Å². The smallest absolute Gasteiger partial charge is 0.336 e. The van der Waals surface area contributed by atoms with E-state index in [9.17, 15) is 32.3 Å². The van der Waals surface area contributed by atoms with Crippen LogP contribution in [0, 0.1) is 0 Å². The molecule has 39 heavy (non-hydrogen) atoms. The number of carboxylic acids is 1. The Morgan fingerprint density at radius 1 is 1.15 bits per heavy atom. The SMILES string of the molecule is O=C(O)c1ccccc1C1C=C(c2csc(C3CCN(C(=O)Cn4nc(C(F)F)cc4C(F)F)CC3)n2)NO1. The first kappa shape index (κ1) is 26.8. The number of nitrogens with zero attached hydrogens (tertiary/aromatic N) is 4. The molecule has 4 heterocycles. The number of amides is 1. The van der Waals surface area contributed by atoms with E-state index in [4.69, 9.17) is 9.82 Å². The summed E-state index contributed by atoms with van der Waals surface area (Å²) in [4.78, 5) is 36.1. The van der Waals surface area contributed by atoms with E-state index < -0.39 is 48.8 Å². The van der Waals surface area contributed by atoms with E-state index in [1.54, 1.807) is 24.3 Å². The van der Waals surface area contributed by atoms with Gasteiger partial charge in [0.05, 0.1) is 22.0 Å². The van der Waals surface area contributed by atoms with Gasteiger partial charge >= 0.3 is 5.97 Å². The molecule has 0 spiro atoms. The lowest BCUT2D eigenvalue weighted by atomic mass is 9.97. The molecule has 3 aromatic rings. The summed E-state index contributed by atoms with van der Waals surface area (Å²) in [5.41, 5.74) is 3.25. The van der Waals surface area contributed by atoms with Gasteiger partial charge in [-0.3, -0.25) is 19.8 Å². The number of carbonyl (C=O) groups excluding carboxylic acids is 1. The number of rotatable bonds is 8. The Kier molecular flexibility index (Phi) is 7.66. The molecule has 1 atom stereocenters.